The topological polar surface area (TPSA) is 80.3 Å². The minimum absolute atomic E-state index is 0.434. The second kappa shape index (κ2) is 7.53. The van der Waals surface area contributed by atoms with Gasteiger partial charge in [-0.05, 0) is 36.4 Å². The number of ether oxygens (including phenoxy) is 1. The van der Waals surface area contributed by atoms with Crippen LogP contribution in [-0.2, 0) is 10.0 Å². The third-order valence-electron chi connectivity index (χ3n) is 4.41. The third kappa shape index (κ3) is 4.13. The van der Waals surface area contributed by atoms with Crippen molar-refractivity contribution in [2.24, 2.45) is 0 Å². The van der Waals surface area contributed by atoms with Crippen molar-refractivity contribution in [3.8, 4) is 5.75 Å². The van der Waals surface area contributed by atoms with Crippen LogP contribution >= 0.6 is 15.9 Å². The number of nitrogens with zero attached hydrogens (tertiary/aromatic N) is 1. The highest BCUT2D eigenvalue weighted by Crippen LogP contribution is 2.37. The smallest absolute Gasteiger partial charge is 0.229 e. The van der Waals surface area contributed by atoms with Crippen molar-refractivity contribution >= 4 is 64.8 Å². The molecule has 0 bridgehead atoms. The lowest BCUT2D eigenvalue weighted by atomic mass is 10.1. The number of aromatic nitrogens is 1. The van der Waals surface area contributed by atoms with Crippen LogP contribution in [0.3, 0.4) is 0 Å². The van der Waals surface area contributed by atoms with E-state index in [0.717, 1.165) is 38.2 Å². The highest BCUT2D eigenvalue weighted by atomic mass is 79.9. The zero-order chi connectivity index (χ0) is 20.6. The van der Waals surface area contributed by atoms with Gasteiger partial charge >= 0.3 is 0 Å². The van der Waals surface area contributed by atoms with E-state index in [4.69, 9.17) is 9.72 Å². The Labute approximate surface area is 177 Å². The Bertz CT molecular complexity index is 1340. The normalized spacial score (nSPS) is 11.6. The number of methoxy groups -OCH3 is 1. The van der Waals surface area contributed by atoms with Gasteiger partial charge in [0.15, 0.2) is 0 Å². The van der Waals surface area contributed by atoms with Gasteiger partial charge in [0.2, 0.25) is 10.0 Å². The summed E-state index contributed by atoms with van der Waals surface area (Å²) >= 11 is 3.51. The lowest BCUT2D eigenvalue weighted by Crippen LogP contribution is -2.09. The number of nitrogens with one attached hydrogen (secondary N) is 2. The average molecular weight is 472 g/mol. The van der Waals surface area contributed by atoms with Crippen LogP contribution in [-0.4, -0.2) is 26.8 Å². The van der Waals surface area contributed by atoms with Gasteiger partial charge < -0.3 is 10.1 Å². The lowest BCUT2D eigenvalue weighted by molar-refractivity contribution is 0.417. The van der Waals surface area contributed by atoms with Crippen LogP contribution < -0.4 is 14.8 Å². The molecule has 1 heterocycles. The third-order valence-corrected chi connectivity index (χ3v) is 5.51. The second-order valence-corrected chi connectivity index (χ2v) is 9.24. The molecule has 6 nitrogen and oxygen atoms in total. The quantitative estimate of drug-likeness (QED) is 0.387. The van der Waals surface area contributed by atoms with E-state index in [1.165, 1.54) is 0 Å². The van der Waals surface area contributed by atoms with E-state index in [9.17, 15) is 8.42 Å². The van der Waals surface area contributed by atoms with Crippen molar-refractivity contribution in [1.29, 1.82) is 0 Å². The minimum Gasteiger partial charge on any atom is -0.494 e. The van der Waals surface area contributed by atoms with Crippen molar-refractivity contribution < 1.29 is 13.2 Å². The summed E-state index contributed by atoms with van der Waals surface area (Å²) in [5, 5.41) is 5.40. The fraction of sp³-hybridized carbons (Fsp3) is 0.0952. The van der Waals surface area contributed by atoms with Crippen molar-refractivity contribution in [3.05, 3.63) is 65.1 Å². The van der Waals surface area contributed by atoms with Crippen LogP contribution in [0.2, 0.25) is 0 Å². The highest BCUT2D eigenvalue weighted by Gasteiger charge is 2.13. The first kappa shape index (κ1) is 19.5. The molecule has 0 fully saturated rings. The van der Waals surface area contributed by atoms with Crippen molar-refractivity contribution in [3.63, 3.8) is 0 Å². The molecule has 4 aromatic rings. The summed E-state index contributed by atoms with van der Waals surface area (Å²) in [5.74, 6) is 0.518. The minimum atomic E-state index is -3.37. The van der Waals surface area contributed by atoms with E-state index in [0.29, 0.717) is 17.1 Å². The molecule has 0 atom stereocenters. The Morgan fingerprint density at radius 2 is 1.72 bits per heavy atom. The summed E-state index contributed by atoms with van der Waals surface area (Å²) in [6.45, 7) is 0. The number of sulfonamides is 1. The van der Waals surface area contributed by atoms with Crippen LogP contribution in [0.4, 0.5) is 17.1 Å². The molecule has 0 spiro atoms. The zero-order valence-electron chi connectivity index (χ0n) is 15.7. The van der Waals surface area contributed by atoms with E-state index >= 15 is 0 Å². The molecule has 0 saturated carbocycles. The first-order chi connectivity index (χ1) is 13.8. The molecule has 2 N–H and O–H groups in total. The summed E-state index contributed by atoms with van der Waals surface area (Å²) in [6, 6.07) is 19.0. The maximum Gasteiger partial charge on any atom is 0.229 e. The van der Waals surface area contributed by atoms with Crippen molar-refractivity contribution in [2.45, 2.75) is 0 Å². The predicted octanol–water partition coefficient (Wildman–Crippen LogP) is 5.27. The zero-order valence-corrected chi connectivity index (χ0v) is 18.1. The summed E-state index contributed by atoms with van der Waals surface area (Å²) < 4.78 is 31.9. The van der Waals surface area contributed by atoms with Gasteiger partial charge in [-0.15, -0.1) is 0 Å². The van der Waals surface area contributed by atoms with E-state index in [1.54, 1.807) is 25.3 Å². The number of benzene rings is 3. The Balaban J connectivity index is 1.87. The van der Waals surface area contributed by atoms with Crippen molar-refractivity contribution in [2.75, 3.05) is 23.4 Å². The molecule has 0 aliphatic heterocycles. The van der Waals surface area contributed by atoms with E-state index < -0.39 is 10.0 Å². The molecule has 4 rings (SSSR count). The molecular weight excluding hydrogens is 454 g/mol. The molecule has 3 aromatic carbocycles. The number of anilines is 3. The Hall–Kier alpha value is -2.84. The molecule has 1 aromatic heterocycles. The molecule has 29 heavy (non-hydrogen) atoms. The molecule has 0 unspecified atom stereocenters. The number of hydrogen-bond donors (Lipinski definition) is 2. The first-order valence-electron chi connectivity index (χ1n) is 8.75. The fourth-order valence-corrected chi connectivity index (χ4v) is 4.11. The van der Waals surface area contributed by atoms with Crippen LogP contribution in [0.25, 0.3) is 21.8 Å². The average Bonchev–Trinajstić information content (AvgIpc) is 2.67. The number of halogens is 1. The van der Waals surface area contributed by atoms with Gasteiger partial charge in [0.25, 0.3) is 0 Å². The fourth-order valence-electron chi connectivity index (χ4n) is 3.21. The largest absolute Gasteiger partial charge is 0.494 e. The maximum absolute atomic E-state index is 11.5. The molecule has 0 saturated heterocycles. The number of hydrogen-bond acceptors (Lipinski definition) is 5. The van der Waals surface area contributed by atoms with E-state index in [2.05, 4.69) is 26.0 Å². The Morgan fingerprint density at radius 1 is 0.966 bits per heavy atom. The Kier molecular flexibility index (Phi) is 5.06. The van der Waals surface area contributed by atoms with Gasteiger partial charge in [-0.3, -0.25) is 4.72 Å². The van der Waals surface area contributed by atoms with Crippen LogP contribution in [0.1, 0.15) is 0 Å². The first-order valence-corrected chi connectivity index (χ1v) is 11.4. The number of rotatable bonds is 5. The molecular formula is C21H18BrN3O3S. The lowest BCUT2D eigenvalue weighted by Gasteiger charge is -2.16. The van der Waals surface area contributed by atoms with Crippen LogP contribution in [0.15, 0.2) is 65.1 Å². The standard InChI is InChI=1S/C21H18BrN3O3S/c1-28-20-12-14(25-29(2,26)27)8-10-18(20)24-21-15-5-3-4-6-17(15)23-19-11-13(22)7-9-16(19)21/h3-12,25H,1-2H3,(H,23,24). The molecule has 0 aliphatic rings. The summed E-state index contributed by atoms with van der Waals surface area (Å²) in [7, 11) is -1.83. The second-order valence-electron chi connectivity index (χ2n) is 6.58. The predicted molar refractivity (Wildman–Crippen MR) is 122 cm³/mol. The number of para-hydroxylation sites is 1. The van der Waals surface area contributed by atoms with Crippen molar-refractivity contribution in [1.82, 2.24) is 4.98 Å². The van der Waals surface area contributed by atoms with Gasteiger partial charge in [-0.1, -0.05) is 34.1 Å². The van der Waals surface area contributed by atoms with Gasteiger partial charge in [0, 0.05) is 21.3 Å². The maximum atomic E-state index is 11.5. The van der Waals surface area contributed by atoms with Crippen LogP contribution in [0.5, 0.6) is 5.75 Å². The monoisotopic (exact) mass is 471 g/mol. The number of fused-ring (bicyclic) bond motifs is 2. The highest BCUT2D eigenvalue weighted by molar-refractivity contribution is 9.10. The van der Waals surface area contributed by atoms with Gasteiger partial charge in [0.05, 0.1) is 41.5 Å². The molecule has 0 aliphatic carbocycles. The van der Waals surface area contributed by atoms with Gasteiger partial charge in [0.1, 0.15) is 5.75 Å². The SMILES string of the molecule is COc1cc(NS(C)(=O)=O)ccc1Nc1c2ccccc2nc2cc(Br)ccc12. The molecule has 0 amide bonds. The summed E-state index contributed by atoms with van der Waals surface area (Å²) in [5.41, 5.74) is 3.78. The molecule has 8 heteroatoms. The summed E-state index contributed by atoms with van der Waals surface area (Å²) in [4.78, 5) is 4.76. The Morgan fingerprint density at radius 3 is 2.48 bits per heavy atom. The summed E-state index contributed by atoms with van der Waals surface area (Å²) in [6.07, 6.45) is 1.11. The van der Waals surface area contributed by atoms with E-state index in [-0.39, 0.29) is 0 Å². The molecule has 0 radical (unpaired) electrons. The van der Waals surface area contributed by atoms with Gasteiger partial charge in [-0.2, -0.15) is 0 Å². The van der Waals surface area contributed by atoms with E-state index in [1.807, 2.05) is 42.5 Å². The number of pyridine rings is 1. The molecule has 148 valence electrons. The van der Waals surface area contributed by atoms with Crippen LogP contribution in [0, 0.1) is 0 Å². The van der Waals surface area contributed by atoms with Gasteiger partial charge in [-0.25, -0.2) is 13.4 Å².